The van der Waals surface area contributed by atoms with Crippen molar-refractivity contribution in [3.05, 3.63) is 36.4 Å². The van der Waals surface area contributed by atoms with Crippen molar-refractivity contribution in [1.29, 1.82) is 0 Å². The Morgan fingerprint density at radius 2 is 1.75 bits per heavy atom. The highest BCUT2D eigenvalue weighted by atomic mass is 32.1. The summed E-state index contributed by atoms with van der Waals surface area (Å²) in [6.45, 7) is 7.44. The van der Waals surface area contributed by atoms with Gasteiger partial charge in [0.2, 0.25) is 0 Å². The molecule has 1 spiro atoms. The molecule has 6 rings (SSSR count). The van der Waals surface area contributed by atoms with Crippen LogP contribution >= 0.6 is 11.5 Å². The van der Waals surface area contributed by atoms with Gasteiger partial charge in [-0.2, -0.15) is 4.37 Å². The van der Waals surface area contributed by atoms with Gasteiger partial charge in [0.15, 0.2) is 5.82 Å². The van der Waals surface area contributed by atoms with Crippen LogP contribution in [0.3, 0.4) is 0 Å². The van der Waals surface area contributed by atoms with Crippen molar-refractivity contribution < 1.29 is 9.22 Å². The molecule has 124 valence electrons. The van der Waals surface area contributed by atoms with Crippen LogP contribution in [0.4, 0.5) is 5.82 Å². The molecule has 2 bridgehead atoms. The number of anilines is 1. The zero-order chi connectivity index (χ0) is 15.7. The molecule has 4 aliphatic rings. The Hall–Kier alpha value is -1.43. The van der Waals surface area contributed by atoms with E-state index in [0.29, 0.717) is 12.2 Å². The van der Waals surface area contributed by atoms with Crippen LogP contribution in [-0.4, -0.2) is 60.3 Å². The first-order valence-electron chi connectivity index (χ1n) is 9.10. The Morgan fingerprint density at radius 3 is 2.50 bits per heavy atom. The summed E-state index contributed by atoms with van der Waals surface area (Å²) in [4.78, 5) is 2.51. The minimum Gasteiger partial charge on any atom is -0.366 e. The minimum atomic E-state index is 0.415. The lowest BCUT2D eigenvalue weighted by molar-refractivity contribution is -0.920. The highest BCUT2D eigenvalue weighted by Gasteiger charge is 2.57. The van der Waals surface area contributed by atoms with Gasteiger partial charge in [-0.25, -0.2) is 0 Å². The van der Waals surface area contributed by atoms with Crippen molar-refractivity contribution in [2.75, 3.05) is 44.2 Å². The van der Waals surface area contributed by atoms with E-state index >= 15 is 0 Å². The molecule has 0 amide bonds. The normalized spacial score (nSPS) is 36.1. The predicted octanol–water partition coefficient (Wildman–Crippen LogP) is 2.52. The van der Waals surface area contributed by atoms with Gasteiger partial charge in [-0.05, 0) is 23.7 Å². The van der Waals surface area contributed by atoms with Crippen molar-refractivity contribution in [3.8, 4) is 0 Å². The first kappa shape index (κ1) is 13.8. The lowest BCUT2D eigenvalue weighted by atomic mass is 9.86. The molecule has 0 radical (unpaired) electrons. The zero-order valence-corrected chi connectivity index (χ0v) is 14.5. The van der Waals surface area contributed by atoms with E-state index in [1.54, 1.807) is 11.5 Å². The molecule has 24 heavy (non-hydrogen) atoms. The van der Waals surface area contributed by atoms with Gasteiger partial charge >= 0.3 is 0 Å². The van der Waals surface area contributed by atoms with Gasteiger partial charge in [0.25, 0.3) is 0 Å². The molecule has 3 fully saturated rings. The summed E-state index contributed by atoms with van der Waals surface area (Å²) < 4.78 is 13.4. The summed E-state index contributed by atoms with van der Waals surface area (Å²) >= 11 is 1.63. The lowest BCUT2D eigenvalue weighted by Crippen LogP contribution is -2.59. The minimum absolute atomic E-state index is 0.415. The smallest absolute Gasteiger partial charge is 0.150 e. The number of quaternary nitrogens is 1. The number of benzene rings is 1. The van der Waals surface area contributed by atoms with Gasteiger partial charge in [-0.15, -0.1) is 0 Å². The van der Waals surface area contributed by atoms with Crippen molar-refractivity contribution in [1.82, 2.24) is 4.37 Å². The fourth-order valence-electron chi connectivity index (χ4n) is 5.48. The van der Waals surface area contributed by atoms with Crippen molar-refractivity contribution in [2.24, 2.45) is 11.8 Å². The fourth-order valence-corrected chi connectivity index (χ4v) is 6.28. The van der Waals surface area contributed by atoms with Crippen LogP contribution in [-0.2, 0) is 4.74 Å². The first-order chi connectivity index (χ1) is 11.8. The topological polar surface area (TPSA) is 25.4 Å². The molecule has 4 nitrogen and oxygen atoms in total. The van der Waals surface area contributed by atoms with Gasteiger partial charge in [-0.1, -0.05) is 24.3 Å². The third-order valence-electron chi connectivity index (χ3n) is 6.74. The summed E-state index contributed by atoms with van der Waals surface area (Å²) in [6, 6.07) is 8.63. The summed E-state index contributed by atoms with van der Waals surface area (Å²) in [7, 11) is 0. The summed E-state index contributed by atoms with van der Waals surface area (Å²) in [5, 5.41) is 1.32. The average Bonchev–Trinajstić information content (AvgIpc) is 3.36. The molecule has 5 heterocycles. The predicted molar refractivity (Wildman–Crippen MR) is 96.3 cm³/mol. The molecule has 3 saturated heterocycles. The Balaban J connectivity index is 1.22. The first-order valence-corrected chi connectivity index (χ1v) is 9.87. The van der Waals surface area contributed by atoms with Gasteiger partial charge in [0.1, 0.15) is 0 Å². The summed E-state index contributed by atoms with van der Waals surface area (Å²) in [5.74, 6) is 2.75. The molecule has 4 unspecified atom stereocenters. The second-order valence-electron chi connectivity index (χ2n) is 7.92. The van der Waals surface area contributed by atoms with Crippen LogP contribution < -0.4 is 4.90 Å². The largest absolute Gasteiger partial charge is 0.366 e. The van der Waals surface area contributed by atoms with E-state index in [4.69, 9.17) is 9.11 Å². The molecule has 4 aliphatic heterocycles. The highest BCUT2D eigenvalue weighted by molar-refractivity contribution is 7.13. The number of rotatable bonds is 1. The number of piperazine rings is 1. The lowest BCUT2D eigenvalue weighted by Gasteiger charge is -2.43. The molecular formula is C19H22N3OS+. The van der Waals surface area contributed by atoms with E-state index in [2.05, 4.69) is 41.3 Å². The van der Waals surface area contributed by atoms with Crippen LogP contribution in [0.15, 0.2) is 36.4 Å². The SMILES string of the molecule is C1=CC2OC1C1C[N+]3(CCN(c4nsc5ccccc45)CC3)CC21. The Morgan fingerprint density at radius 1 is 1.04 bits per heavy atom. The van der Waals surface area contributed by atoms with Crippen molar-refractivity contribution in [2.45, 2.75) is 12.2 Å². The summed E-state index contributed by atoms with van der Waals surface area (Å²) in [5.41, 5.74) is 0. The number of hydrogen-bond donors (Lipinski definition) is 0. The number of aromatic nitrogens is 1. The molecular weight excluding hydrogens is 318 g/mol. The highest BCUT2D eigenvalue weighted by Crippen LogP contribution is 2.46. The quantitative estimate of drug-likeness (QED) is 0.589. The van der Waals surface area contributed by atoms with Gasteiger partial charge < -0.3 is 14.1 Å². The standard InChI is InChI=1S/C19H22N3OS/c1-2-4-18-13(3-1)19(20-24-18)21-7-9-22(10-8-21)11-14-15(12-22)17-6-5-16(14)23-17/h1-6,14-17H,7-12H2/q+1. The fraction of sp³-hybridized carbons (Fsp3) is 0.526. The van der Waals surface area contributed by atoms with Gasteiger partial charge in [0.05, 0.1) is 56.2 Å². The molecule has 4 atom stereocenters. The Bertz CT molecular complexity index is 801. The van der Waals surface area contributed by atoms with E-state index < -0.39 is 0 Å². The maximum Gasteiger partial charge on any atom is 0.150 e. The molecule has 5 heteroatoms. The van der Waals surface area contributed by atoms with Crippen LogP contribution in [0, 0.1) is 11.8 Å². The average molecular weight is 340 g/mol. The van der Waals surface area contributed by atoms with Crippen LogP contribution in [0.2, 0.25) is 0 Å². The van der Waals surface area contributed by atoms with E-state index in [9.17, 15) is 0 Å². The van der Waals surface area contributed by atoms with Crippen LogP contribution in [0.5, 0.6) is 0 Å². The number of fused-ring (bicyclic) bond motifs is 6. The van der Waals surface area contributed by atoms with E-state index in [1.165, 1.54) is 46.6 Å². The monoisotopic (exact) mass is 340 g/mol. The van der Waals surface area contributed by atoms with Gasteiger partial charge in [-0.3, -0.25) is 0 Å². The van der Waals surface area contributed by atoms with E-state index in [-0.39, 0.29) is 0 Å². The maximum absolute atomic E-state index is 6.06. The Kier molecular flexibility index (Phi) is 2.77. The molecule has 0 saturated carbocycles. The van der Waals surface area contributed by atoms with E-state index in [0.717, 1.165) is 24.9 Å². The zero-order valence-electron chi connectivity index (χ0n) is 13.7. The molecule has 0 aliphatic carbocycles. The number of ether oxygens (including phenoxy) is 1. The third-order valence-corrected chi connectivity index (χ3v) is 7.56. The number of nitrogens with zero attached hydrogens (tertiary/aromatic N) is 3. The molecule has 1 aromatic carbocycles. The van der Waals surface area contributed by atoms with Crippen molar-refractivity contribution in [3.63, 3.8) is 0 Å². The van der Waals surface area contributed by atoms with Crippen molar-refractivity contribution >= 4 is 27.4 Å². The van der Waals surface area contributed by atoms with Crippen LogP contribution in [0.1, 0.15) is 0 Å². The van der Waals surface area contributed by atoms with Gasteiger partial charge in [0, 0.05) is 17.2 Å². The molecule has 1 aromatic heterocycles. The second kappa shape index (κ2) is 4.81. The second-order valence-corrected chi connectivity index (χ2v) is 8.73. The van der Waals surface area contributed by atoms with E-state index in [1.807, 2.05) is 0 Å². The maximum atomic E-state index is 6.06. The Labute approximate surface area is 146 Å². The third kappa shape index (κ3) is 1.83. The number of hydrogen-bond acceptors (Lipinski definition) is 4. The molecule has 2 aromatic rings. The summed E-state index contributed by atoms with van der Waals surface area (Å²) in [6.07, 6.45) is 5.45. The molecule has 0 N–H and O–H groups in total. The van der Waals surface area contributed by atoms with Crippen LogP contribution in [0.25, 0.3) is 10.1 Å².